The average molecular weight is 330 g/mol. The minimum absolute atomic E-state index is 0. The van der Waals surface area contributed by atoms with Crippen molar-refractivity contribution in [1.29, 1.82) is 0 Å². The molecular weight excluding hydrogens is 314 g/mol. The molecule has 0 saturated carbocycles. The lowest BCUT2D eigenvalue weighted by Crippen LogP contribution is -2.38. The van der Waals surface area contributed by atoms with Gasteiger partial charge in [-0.1, -0.05) is 0 Å². The third kappa shape index (κ3) is 4.07. The van der Waals surface area contributed by atoms with Crippen LogP contribution in [0.25, 0.3) is 0 Å². The van der Waals surface area contributed by atoms with Gasteiger partial charge in [0.05, 0.1) is 18.1 Å². The molecular formula is C13H16ClF4NO2. The van der Waals surface area contributed by atoms with Crippen LogP contribution in [0, 0.1) is 11.2 Å². The lowest BCUT2D eigenvalue weighted by molar-refractivity contribution is -0.153. The number of methoxy groups -OCH3 is 1. The number of nitrogens with two attached hydrogens (primary N) is 1. The Kier molecular flexibility index (Phi) is 6.19. The van der Waals surface area contributed by atoms with Gasteiger partial charge in [-0.15, -0.1) is 12.4 Å². The van der Waals surface area contributed by atoms with Crippen molar-refractivity contribution in [3.63, 3.8) is 0 Å². The van der Waals surface area contributed by atoms with E-state index in [1.54, 1.807) is 0 Å². The van der Waals surface area contributed by atoms with Crippen LogP contribution >= 0.6 is 12.4 Å². The van der Waals surface area contributed by atoms with Gasteiger partial charge in [-0.2, -0.15) is 13.2 Å². The third-order valence-electron chi connectivity index (χ3n) is 3.14. The van der Waals surface area contributed by atoms with Gasteiger partial charge in [0.25, 0.3) is 0 Å². The molecule has 0 bridgehead atoms. The fourth-order valence-corrected chi connectivity index (χ4v) is 1.83. The van der Waals surface area contributed by atoms with E-state index in [9.17, 15) is 22.4 Å². The smallest absolute Gasteiger partial charge is 0.416 e. The lowest BCUT2D eigenvalue weighted by atomic mass is 9.79. The first-order valence-corrected chi connectivity index (χ1v) is 5.72. The lowest BCUT2D eigenvalue weighted by Gasteiger charge is -2.30. The molecule has 0 aliphatic rings. The van der Waals surface area contributed by atoms with E-state index in [0.29, 0.717) is 18.2 Å². The normalized spacial score (nSPS) is 13.3. The van der Waals surface area contributed by atoms with Crippen molar-refractivity contribution in [2.45, 2.75) is 26.1 Å². The molecule has 0 fully saturated rings. The summed E-state index contributed by atoms with van der Waals surface area (Å²) in [5, 5.41) is 0. The number of rotatable bonds is 3. The highest BCUT2D eigenvalue weighted by molar-refractivity contribution is 5.85. The zero-order valence-electron chi connectivity index (χ0n) is 11.6. The fourth-order valence-electron chi connectivity index (χ4n) is 1.83. The maximum absolute atomic E-state index is 13.2. The van der Waals surface area contributed by atoms with Gasteiger partial charge in [-0.05, 0) is 37.6 Å². The highest BCUT2D eigenvalue weighted by Gasteiger charge is 2.42. The van der Waals surface area contributed by atoms with Gasteiger partial charge in [0.15, 0.2) is 0 Å². The molecule has 120 valence electrons. The molecule has 3 nitrogen and oxygen atoms in total. The van der Waals surface area contributed by atoms with Gasteiger partial charge < -0.3 is 10.5 Å². The van der Waals surface area contributed by atoms with Gasteiger partial charge in [-0.3, -0.25) is 4.79 Å². The average Bonchev–Trinajstić information content (AvgIpc) is 2.35. The van der Waals surface area contributed by atoms with E-state index in [0.717, 1.165) is 7.11 Å². The van der Waals surface area contributed by atoms with Crippen LogP contribution in [0.3, 0.4) is 0 Å². The zero-order valence-corrected chi connectivity index (χ0v) is 12.4. The largest absolute Gasteiger partial charge is 0.469 e. The van der Waals surface area contributed by atoms with Crippen molar-refractivity contribution in [1.82, 2.24) is 0 Å². The molecule has 0 heterocycles. The SMILES string of the molecule is COC(=O)C(C)(C)[C@@H](N)c1cc(F)ccc1C(F)(F)F.Cl. The highest BCUT2D eigenvalue weighted by Crippen LogP contribution is 2.40. The van der Waals surface area contributed by atoms with E-state index in [2.05, 4.69) is 4.74 Å². The highest BCUT2D eigenvalue weighted by atomic mass is 35.5. The molecule has 0 aliphatic carbocycles. The van der Waals surface area contributed by atoms with Crippen molar-refractivity contribution in [3.8, 4) is 0 Å². The second-order valence-electron chi connectivity index (χ2n) is 4.92. The minimum atomic E-state index is -4.69. The Balaban J connectivity index is 0.00000400. The first-order valence-electron chi connectivity index (χ1n) is 5.72. The predicted molar refractivity (Wildman–Crippen MR) is 71.4 cm³/mol. The Bertz CT molecular complexity index is 517. The van der Waals surface area contributed by atoms with Gasteiger partial charge in [0.1, 0.15) is 5.82 Å². The van der Waals surface area contributed by atoms with Crippen molar-refractivity contribution in [2.24, 2.45) is 11.1 Å². The molecule has 8 heteroatoms. The second-order valence-corrected chi connectivity index (χ2v) is 4.92. The number of alkyl halides is 3. The summed E-state index contributed by atoms with van der Waals surface area (Å²) in [6.45, 7) is 2.68. The van der Waals surface area contributed by atoms with E-state index in [4.69, 9.17) is 5.73 Å². The van der Waals surface area contributed by atoms with E-state index in [1.807, 2.05) is 0 Å². The van der Waals surface area contributed by atoms with Crippen LogP contribution in [-0.2, 0) is 15.7 Å². The summed E-state index contributed by atoms with van der Waals surface area (Å²) in [6, 6.07) is 0.641. The van der Waals surface area contributed by atoms with Crippen LogP contribution in [0.15, 0.2) is 18.2 Å². The van der Waals surface area contributed by atoms with Gasteiger partial charge >= 0.3 is 12.1 Å². The van der Waals surface area contributed by atoms with Crippen LogP contribution < -0.4 is 5.73 Å². The van der Waals surface area contributed by atoms with E-state index in [-0.39, 0.29) is 12.4 Å². The van der Waals surface area contributed by atoms with E-state index >= 15 is 0 Å². The Hall–Kier alpha value is -1.34. The summed E-state index contributed by atoms with van der Waals surface area (Å²) < 4.78 is 56.5. The van der Waals surface area contributed by atoms with Crippen molar-refractivity contribution >= 4 is 18.4 Å². The summed E-state index contributed by atoms with van der Waals surface area (Å²) >= 11 is 0. The summed E-state index contributed by atoms with van der Waals surface area (Å²) in [7, 11) is 1.10. The predicted octanol–water partition coefficient (Wildman–Crippen LogP) is 3.47. The molecule has 0 aromatic heterocycles. The summed E-state index contributed by atoms with van der Waals surface area (Å²) in [6.07, 6.45) is -4.69. The topological polar surface area (TPSA) is 52.3 Å². The molecule has 2 N–H and O–H groups in total. The number of esters is 1. The van der Waals surface area contributed by atoms with Crippen LogP contribution in [0.1, 0.15) is 31.0 Å². The summed E-state index contributed by atoms with van der Waals surface area (Å²) in [5.74, 6) is -1.63. The number of hydrogen-bond acceptors (Lipinski definition) is 3. The van der Waals surface area contributed by atoms with Crippen LogP contribution in [0.4, 0.5) is 17.6 Å². The molecule has 0 spiro atoms. The Morgan fingerprint density at radius 1 is 1.29 bits per heavy atom. The van der Waals surface area contributed by atoms with Gasteiger partial charge in [0, 0.05) is 6.04 Å². The number of halogens is 5. The van der Waals surface area contributed by atoms with Crippen molar-refractivity contribution in [3.05, 3.63) is 35.1 Å². The number of benzene rings is 1. The van der Waals surface area contributed by atoms with Crippen LogP contribution in [0.5, 0.6) is 0 Å². The maximum Gasteiger partial charge on any atom is 0.416 e. The number of hydrogen-bond donors (Lipinski definition) is 1. The molecule has 0 unspecified atom stereocenters. The minimum Gasteiger partial charge on any atom is -0.469 e. The first kappa shape index (κ1) is 19.7. The first-order chi connectivity index (χ1) is 9.01. The van der Waals surface area contributed by atoms with Gasteiger partial charge in [0.2, 0.25) is 0 Å². The zero-order chi connectivity index (χ0) is 15.7. The van der Waals surface area contributed by atoms with Crippen molar-refractivity contribution < 1.29 is 27.1 Å². The molecule has 0 aliphatic heterocycles. The maximum atomic E-state index is 13.2. The number of carbonyl (C=O) groups excluding carboxylic acids is 1. The standard InChI is InChI=1S/C13H15F4NO2.ClH/c1-12(2,11(19)20-3)10(18)8-6-7(14)4-5-9(8)13(15,16)17;/h4-6,10H,18H2,1-3H3;1H/t10-;/m0./s1. The molecule has 1 rings (SSSR count). The summed E-state index contributed by atoms with van der Waals surface area (Å²) in [5.41, 5.74) is 2.78. The van der Waals surface area contributed by atoms with E-state index < -0.39 is 40.5 Å². The summed E-state index contributed by atoms with van der Waals surface area (Å²) in [4.78, 5) is 11.6. The molecule has 0 radical (unpaired) electrons. The molecule has 1 atom stereocenters. The van der Waals surface area contributed by atoms with E-state index in [1.165, 1.54) is 13.8 Å². The molecule has 0 saturated heterocycles. The molecule has 1 aromatic rings. The Morgan fingerprint density at radius 2 is 1.81 bits per heavy atom. The third-order valence-corrected chi connectivity index (χ3v) is 3.14. The van der Waals surface area contributed by atoms with Crippen molar-refractivity contribution in [2.75, 3.05) is 7.11 Å². The second kappa shape index (κ2) is 6.62. The number of ether oxygens (including phenoxy) is 1. The van der Waals surface area contributed by atoms with Gasteiger partial charge in [-0.25, -0.2) is 4.39 Å². The monoisotopic (exact) mass is 329 g/mol. The molecule has 0 amide bonds. The van der Waals surface area contributed by atoms with Crippen LogP contribution in [-0.4, -0.2) is 13.1 Å². The quantitative estimate of drug-likeness (QED) is 0.682. The number of carbonyl (C=O) groups is 1. The molecule has 1 aromatic carbocycles. The Labute approximate surface area is 125 Å². The fraction of sp³-hybridized carbons (Fsp3) is 0.462. The molecule has 21 heavy (non-hydrogen) atoms. The Morgan fingerprint density at radius 3 is 2.24 bits per heavy atom. The van der Waals surface area contributed by atoms with Crippen LogP contribution in [0.2, 0.25) is 0 Å².